The minimum Gasteiger partial charge on any atom is -0.375 e. The number of thiophene rings is 1. The molecule has 0 saturated carbocycles. The Hall–Kier alpha value is -1.79. The second kappa shape index (κ2) is 8.75. The van der Waals surface area contributed by atoms with E-state index in [1.54, 1.807) is 35.2 Å². The average Bonchev–Trinajstić information content (AvgIpc) is 3.12. The number of carbonyl (C=O) groups is 3. The Morgan fingerprint density at radius 1 is 1.13 bits per heavy atom. The van der Waals surface area contributed by atoms with Crippen LogP contribution in [-0.4, -0.2) is 56.2 Å². The van der Waals surface area contributed by atoms with Crippen LogP contribution < -0.4 is 15.5 Å². The van der Waals surface area contributed by atoms with Crippen molar-refractivity contribution < 1.29 is 23.9 Å². The average molecular weight is 559 g/mol. The summed E-state index contributed by atoms with van der Waals surface area (Å²) in [6.07, 6.45) is 0. The van der Waals surface area contributed by atoms with Gasteiger partial charge in [-0.3, -0.25) is 14.4 Å². The summed E-state index contributed by atoms with van der Waals surface area (Å²) in [4.78, 5) is 39.7. The lowest BCUT2D eigenvalue weighted by molar-refractivity contribution is -0.141. The van der Waals surface area contributed by atoms with Crippen molar-refractivity contribution in [1.82, 2.24) is 5.32 Å². The van der Waals surface area contributed by atoms with E-state index in [4.69, 9.17) is 9.47 Å². The first-order chi connectivity index (χ1) is 14.4. The molecular formula is C19H17Br2N3O5S. The maximum absolute atomic E-state index is 12.9. The first kappa shape index (κ1) is 21.4. The van der Waals surface area contributed by atoms with Gasteiger partial charge in [0.15, 0.2) is 5.54 Å². The molecule has 0 spiro atoms. The first-order valence-corrected chi connectivity index (χ1v) is 11.4. The molecule has 4 rings (SSSR count). The van der Waals surface area contributed by atoms with Crippen molar-refractivity contribution in [1.29, 1.82) is 0 Å². The Kier molecular flexibility index (Phi) is 6.26. The lowest BCUT2D eigenvalue weighted by atomic mass is 9.95. The van der Waals surface area contributed by atoms with Crippen LogP contribution in [0.25, 0.3) is 0 Å². The van der Waals surface area contributed by atoms with Gasteiger partial charge in [-0.1, -0.05) is 0 Å². The number of morpholine rings is 1. The Labute approximate surface area is 193 Å². The molecule has 0 unspecified atom stereocenters. The normalized spacial score (nSPS) is 17.9. The minimum atomic E-state index is -1.13. The molecule has 2 aliphatic heterocycles. The summed E-state index contributed by atoms with van der Waals surface area (Å²) >= 11 is 8.09. The maximum atomic E-state index is 12.9. The molecule has 2 saturated heterocycles. The van der Waals surface area contributed by atoms with E-state index >= 15 is 0 Å². The fourth-order valence-electron chi connectivity index (χ4n) is 3.11. The minimum absolute atomic E-state index is 0.0496. The van der Waals surface area contributed by atoms with Crippen LogP contribution in [0.1, 0.15) is 9.67 Å². The quantitative estimate of drug-likeness (QED) is 0.588. The number of nitrogens with one attached hydrogen (secondary N) is 2. The number of ether oxygens (including phenoxy) is 2. The molecule has 30 heavy (non-hydrogen) atoms. The molecule has 3 heterocycles. The van der Waals surface area contributed by atoms with E-state index in [9.17, 15) is 14.4 Å². The Morgan fingerprint density at radius 2 is 1.93 bits per heavy atom. The van der Waals surface area contributed by atoms with Gasteiger partial charge in [-0.25, -0.2) is 0 Å². The van der Waals surface area contributed by atoms with Crippen LogP contribution in [0.3, 0.4) is 0 Å². The van der Waals surface area contributed by atoms with E-state index < -0.39 is 5.54 Å². The van der Waals surface area contributed by atoms with Gasteiger partial charge in [-0.15, -0.1) is 11.3 Å². The summed E-state index contributed by atoms with van der Waals surface area (Å²) in [5, 5.41) is 5.63. The maximum Gasteiger partial charge on any atom is 0.262 e. The predicted molar refractivity (Wildman–Crippen MR) is 119 cm³/mol. The lowest BCUT2D eigenvalue weighted by Gasteiger charge is -2.40. The number of benzene rings is 1. The third-order valence-electron chi connectivity index (χ3n) is 4.76. The summed E-state index contributed by atoms with van der Waals surface area (Å²) < 4.78 is 11.9. The van der Waals surface area contributed by atoms with Crippen molar-refractivity contribution in [2.24, 2.45) is 0 Å². The fourth-order valence-corrected chi connectivity index (χ4v) is 4.98. The summed E-state index contributed by atoms with van der Waals surface area (Å²) in [7, 11) is 0. The zero-order valence-corrected chi connectivity index (χ0v) is 19.6. The number of nitrogens with zero attached hydrogens (tertiary/aromatic N) is 1. The molecule has 11 heteroatoms. The SMILES string of the molecule is O=C(NC1(C(=O)Nc2ccc(N3CCOCC3=O)c(Br)c2)COC1)c1ccc(Br)s1. The number of amides is 3. The van der Waals surface area contributed by atoms with Gasteiger partial charge in [-0.2, -0.15) is 0 Å². The molecule has 1 aromatic carbocycles. The van der Waals surface area contributed by atoms with E-state index in [-0.39, 0.29) is 37.5 Å². The molecule has 0 radical (unpaired) electrons. The summed E-state index contributed by atoms with van der Waals surface area (Å²) in [5.41, 5.74) is 0.120. The highest BCUT2D eigenvalue weighted by Gasteiger charge is 2.47. The van der Waals surface area contributed by atoms with Gasteiger partial charge in [0.05, 0.1) is 34.2 Å². The number of carbonyl (C=O) groups excluding carboxylic acids is 3. The van der Waals surface area contributed by atoms with Crippen LogP contribution in [0.2, 0.25) is 0 Å². The standard InChI is InChI=1S/C19H17Br2N3O5S/c20-12-7-11(1-2-13(12)24-5-6-28-8-16(24)25)22-18(27)19(9-29-10-19)23-17(26)14-3-4-15(21)30-14/h1-4,7H,5-6,8-10H2,(H,22,27)(H,23,26). The van der Waals surface area contributed by atoms with Gasteiger partial charge in [0.25, 0.3) is 17.7 Å². The lowest BCUT2D eigenvalue weighted by Crippen LogP contribution is -2.68. The number of hydrogen-bond donors (Lipinski definition) is 2. The predicted octanol–water partition coefficient (Wildman–Crippen LogP) is 2.77. The molecule has 0 bridgehead atoms. The number of halogens is 2. The van der Waals surface area contributed by atoms with Crippen molar-refractivity contribution >= 4 is 72.3 Å². The topological polar surface area (TPSA) is 97.0 Å². The van der Waals surface area contributed by atoms with Crippen molar-refractivity contribution in [2.45, 2.75) is 5.54 Å². The van der Waals surface area contributed by atoms with Crippen LogP contribution in [0.4, 0.5) is 11.4 Å². The second-order valence-corrected chi connectivity index (χ2v) is 10.2. The van der Waals surface area contributed by atoms with Crippen LogP contribution in [0.15, 0.2) is 38.6 Å². The molecule has 0 aliphatic carbocycles. The van der Waals surface area contributed by atoms with Crippen molar-refractivity contribution in [3.63, 3.8) is 0 Å². The summed E-state index contributed by atoms with van der Waals surface area (Å²) in [5.74, 6) is -0.807. The molecule has 158 valence electrons. The van der Waals surface area contributed by atoms with E-state index in [1.807, 2.05) is 0 Å². The van der Waals surface area contributed by atoms with E-state index in [0.29, 0.717) is 33.9 Å². The molecule has 2 aliphatic rings. The zero-order valence-electron chi connectivity index (χ0n) is 15.6. The first-order valence-electron chi connectivity index (χ1n) is 9.03. The van der Waals surface area contributed by atoms with Crippen molar-refractivity contribution in [2.75, 3.05) is 43.2 Å². The third kappa shape index (κ3) is 4.30. The Morgan fingerprint density at radius 3 is 2.53 bits per heavy atom. The van der Waals surface area contributed by atoms with Crippen LogP contribution in [0.5, 0.6) is 0 Å². The van der Waals surface area contributed by atoms with E-state index in [0.717, 1.165) is 3.79 Å². The van der Waals surface area contributed by atoms with E-state index in [1.165, 1.54) is 11.3 Å². The molecule has 0 atom stereocenters. The highest BCUT2D eigenvalue weighted by molar-refractivity contribution is 9.11. The highest BCUT2D eigenvalue weighted by atomic mass is 79.9. The van der Waals surface area contributed by atoms with Gasteiger partial charge < -0.3 is 25.0 Å². The molecule has 3 amide bonds. The molecule has 1 aromatic heterocycles. The smallest absolute Gasteiger partial charge is 0.262 e. The van der Waals surface area contributed by atoms with Gasteiger partial charge in [0.1, 0.15) is 6.61 Å². The molecule has 8 nitrogen and oxygen atoms in total. The van der Waals surface area contributed by atoms with Crippen LogP contribution in [0, 0.1) is 0 Å². The monoisotopic (exact) mass is 557 g/mol. The largest absolute Gasteiger partial charge is 0.375 e. The second-order valence-electron chi connectivity index (χ2n) is 6.85. The third-order valence-corrected chi connectivity index (χ3v) is 7.02. The number of anilines is 2. The Bertz CT molecular complexity index is 1010. The highest BCUT2D eigenvalue weighted by Crippen LogP contribution is 2.31. The molecule has 2 aromatic rings. The summed E-state index contributed by atoms with van der Waals surface area (Å²) in [6.45, 7) is 1.18. The molecule has 2 N–H and O–H groups in total. The Balaban J connectivity index is 1.46. The summed E-state index contributed by atoms with van der Waals surface area (Å²) in [6, 6.07) is 8.67. The van der Waals surface area contributed by atoms with Crippen LogP contribution in [-0.2, 0) is 19.1 Å². The van der Waals surface area contributed by atoms with Gasteiger partial charge in [0.2, 0.25) is 0 Å². The van der Waals surface area contributed by atoms with Crippen molar-refractivity contribution in [3.05, 3.63) is 43.5 Å². The van der Waals surface area contributed by atoms with E-state index in [2.05, 4.69) is 42.5 Å². The zero-order chi connectivity index (χ0) is 21.3. The fraction of sp³-hybridized carbons (Fsp3) is 0.316. The van der Waals surface area contributed by atoms with Crippen molar-refractivity contribution in [3.8, 4) is 0 Å². The van der Waals surface area contributed by atoms with Gasteiger partial charge in [-0.05, 0) is 62.2 Å². The number of rotatable bonds is 5. The molecular weight excluding hydrogens is 542 g/mol. The van der Waals surface area contributed by atoms with Crippen LogP contribution >= 0.6 is 43.2 Å². The number of hydrogen-bond acceptors (Lipinski definition) is 6. The van der Waals surface area contributed by atoms with Gasteiger partial charge >= 0.3 is 0 Å². The van der Waals surface area contributed by atoms with Gasteiger partial charge in [0, 0.05) is 16.7 Å². The molecule has 2 fully saturated rings.